The number of hydrogen-bond donors (Lipinski definition) is 0. The number of aryl methyl sites for hydroxylation is 2. The Morgan fingerprint density at radius 1 is 0.938 bits per heavy atom. The molecule has 0 radical (unpaired) electrons. The van der Waals surface area contributed by atoms with E-state index >= 15 is 0 Å². The minimum atomic E-state index is 0.0281. The number of aromatic nitrogens is 3. The number of hydrogen-bond acceptors (Lipinski definition) is 5. The van der Waals surface area contributed by atoms with E-state index in [2.05, 4.69) is 17.1 Å². The highest BCUT2D eigenvalue weighted by atomic mass is 32.2. The fraction of sp³-hybridized carbons (Fsp3) is 0.333. The van der Waals surface area contributed by atoms with E-state index in [1.165, 1.54) is 22.9 Å². The Morgan fingerprint density at radius 3 is 2.25 bits per heavy atom. The lowest BCUT2D eigenvalue weighted by molar-refractivity contribution is -0.129. The van der Waals surface area contributed by atoms with Crippen LogP contribution in [0.2, 0.25) is 0 Å². The summed E-state index contributed by atoms with van der Waals surface area (Å²) in [5, 5.41) is 8.86. The molecule has 1 fully saturated rings. The number of piperazine rings is 1. The molecule has 4 rings (SSSR count). The van der Waals surface area contributed by atoms with Gasteiger partial charge in [-0.2, -0.15) is 0 Å². The SMILES string of the molecule is CCc1ccc(C(=O)N2CCN(C(=O)CSc3nncn3-c3ccc(C)cc3)CC2)cc1. The van der Waals surface area contributed by atoms with Crippen LogP contribution in [0.25, 0.3) is 5.69 Å². The predicted octanol–water partition coefficient (Wildman–Crippen LogP) is 3.21. The van der Waals surface area contributed by atoms with Gasteiger partial charge < -0.3 is 9.80 Å². The monoisotopic (exact) mass is 449 g/mol. The largest absolute Gasteiger partial charge is 0.338 e. The summed E-state index contributed by atoms with van der Waals surface area (Å²) < 4.78 is 1.89. The van der Waals surface area contributed by atoms with Crippen molar-refractivity contribution in [3.8, 4) is 5.69 Å². The number of carbonyl (C=O) groups excluding carboxylic acids is 2. The third-order valence-corrected chi connectivity index (χ3v) is 6.61. The molecule has 3 aromatic rings. The minimum absolute atomic E-state index is 0.0281. The molecular formula is C24H27N5O2S. The molecule has 1 aromatic heterocycles. The van der Waals surface area contributed by atoms with Gasteiger partial charge in [0.15, 0.2) is 5.16 Å². The lowest BCUT2D eigenvalue weighted by atomic mass is 10.1. The van der Waals surface area contributed by atoms with Crippen molar-refractivity contribution in [2.24, 2.45) is 0 Å². The first-order chi connectivity index (χ1) is 15.5. The number of thioether (sulfide) groups is 1. The summed E-state index contributed by atoms with van der Waals surface area (Å²) in [6.45, 7) is 6.32. The molecule has 2 aromatic carbocycles. The van der Waals surface area contributed by atoms with Crippen molar-refractivity contribution in [3.63, 3.8) is 0 Å². The highest BCUT2D eigenvalue weighted by Gasteiger charge is 2.25. The average molecular weight is 450 g/mol. The third kappa shape index (κ3) is 5.02. The molecule has 2 heterocycles. The van der Waals surface area contributed by atoms with Gasteiger partial charge in [0.25, 0.3) is 5.91 Å². The second kappa shape index (κ2) is 9.99. The van der Waals surface area contributed by atoms with Crippen molar-refractivity contribution in [3.05, 3.63) is 71.5 Å². The molecule has 0 aliphatic carbocycles. The van der Waals surface area contributed by atoms with Crippen LogP contribution in [0.4, 0.5) is 0 Å². The predicted molar refractivity (Wildman–Crippen MR) is 125 cm³/mol. The van der Waals surface area contributed by atoms with Crippen LogP contribution in [-0.2, 0) is 11.2 Å². The third-order valence-electron chi connectivity index (χ3n) is 5.68. The zero-order chi connectivity index (χ0) is 22.5. The van der Waals surface area contributed by atoms with Crippen LogP contribution in [-0.4, -0.2) is 68.3 Å². The Kier molecular flexibility index (Phi) is 6.90. The highest BCUT2D eigenvalue weighted by Crippen LogP contribution is 2.21. The molecule has 7 nitrogen and oxygen atoms in total. The van der Waals surface area contributed by atoms with Gasteiger partial charge in [-0.1, -0.05) is 48.5 Å². The number of carbonyl (C=O) groups is 2. The molecule has 0 N–H and O–H groups in total. The van der Waals surface area contributed by atoms with Gasteiger partial charge >= 0.3 is 0 Å². The molecule has 2 amide bonds. The highest BCUT2D eigenvalue weighted by molar-refractivity contribution is 7.99. The lowest BCUT2D eigenvalue weighted by Crippen LogP contribution is -2.51. The molecular weight excluding hydrogens is 422 g/mol. The van der Waals surface area contributed by atoms with Crippen molar-refractivity contribution in [1.29, 1.82) is 0 Å². The normalized spacial score (nSPS) is 13.9. The summed E-state index contributed by atoms with van der Waals surface area (Å²) in [6.07, 6.45) is 2.61. The van der Waals surface area contributed by atoms with Gasteiger partial charge in [-0.25, -0.2) is 0 Å². The Labute approximate surface area is 192 Å². The Hall–Kier alpha value is -3.13. The van der Waals surface area contributed by atoms with Crippen molar-refractivity contribution in [2.45, 2.75) is 25.4 Å². The van der Waals surface area contributed by atoms with Gasteiger partial charge in [-0.05, 0) is 43.2 Å². The topological polar surface area (TPSA) is 71.3 Å². The van der Waals surface area contributed by atoms with Crippen LogP contribution in [0.5, 0.6) is 0 Å². The molecule has 0 spiro atoms. The van der Waals surface area contributed by atoms with E-state index in [9.17, 15) is 9.59 Å². The van der Waals surface area contributed by atoms with Crippen LogP contribution < -0.4 is 0 Å². The standard InChI is InChI=1S/C24H27N5O2S/c1-3-19-6-8-20(9-7-19)23(31)28-14-12-27(13-15-28)22(30)16-32-24-26-25-17-29(24)21-10-4-18(2)5-11-21/h4-11,17H,3,12-16H2,1-2H3. The van der Waals surface area contributed by atoms with Crippen molar-refractivity contribution in [2.75, 3.05) is 31.9 Å². The maximum atomic E-state index is 12.8. The van der Waals surface area contributed by atoms with Crippen molar-refractivity contribution in [1.82, 2.24) is 24.6 Å². The first-order valence-electron chi connectivity index (χ1n) is 10.8. The Balaban J connectivity index is 1.29. The molecule has 0 saturated carbocycles. The molecule has 1 aliphatic rings. The number of nitrogens with zero attached hydrogens (tertiary/aromatic N) is 5. The molecule has 8 heteroatoms. The number of benzene rings is 2. The van der Waals surface area contributed by atoms with E-state index in [1.807, 2.05) is 69.8 Å². The smallest absolute Gasteiger partial charge is 0.253 e. The van der Waals surface area contributed by atoms with E-state index < -0.39 is 0 Å². The summed E-state index contributed by atoms with van der Waals surface area (Å²) in [5.74, 6) is 0.366. The summed E-state index contributed by atoms with van der Waals surface area (Å²) in [4.78, 5) is 29.1. The van der Waals surface area contributed by atoms with Gasteiger partial charge in [0, 0.05) is 37.4 Å². The maximum Gasteiger partial charge on any atom is 0.253 e. The van der Waals surface area contributed by atoms with Gasteiger partial charge in [0.05, 0.1) is 5.75 Å². The van der Waals surface area contributed by atoms with Gasteiger partial charge in [-0.15, -0.1) is 10.2 Å². The van der Waals surface area contributed by atoms with E-state index in [4.69, 9.17) is 0 Å². The minimum Gasteiger partial charge on any atom is -0.338 e. The van der Waals surface area contributed by atoms with Crippen molar-refractivity contribution < 1.29 is 9.59 Å². The Bertz CT molecular complexity index is 1070. The van der Waals surface area contributed by atoms with E-state index in [0.29, 0.717) is 36.9 Å². The summed E-state index contributed by atoms with van der Waals surface area (Å²) in [7, 11) is 0. The maximum absolute atomic E-state index is 12.8. The summed E-state index contributed by atoms with van der Waals surface area (Å²) in [5.41, 5.74) is 4.07. The zero-order valence-electron chi connectivity index (χ0n) is 18.4. The summed E-state index contributed by atoms with van der Waals surface area (Å²) in [6, 6.07) is 15.9. The van der Waals surface area contributed by atoms with E-state index in [-0.39, 0.29) is 17.6 Å². The number of rotatable bonds is 6. The molecule has 166 valence electrons. The molecule has 0 bridgehead atoms. The van der Waals surface area contributed by atoms with E-state index in [0.717, 1.165) is 12.1 Å². The molecule has 0 atom stereocenters. The zero-order valence-corrected chi connectivity index (χ0v) is 19.2. The van der Waals surface area contributed by atoms with Crippen LogP contribution in [0.1, 0.15) is 28.4 Å². The first-order valence-corrected chi connectivity index (χ1v) is 11.8. The second-order valence-electron chi connectivity index (χ2n) is 7.83. The fourth-order valence-corrected chi connectivity index (χ4v) is 4.48. The molecule has 0 unspecified atom stereocenters. The first kappa shape index (κ1) is 22.1. The number of amides is 2. The van der Waals surface area contributed by atoms with Gasteiger partial charge in [0.1, 0.15) is 6.33 Å². The second-order valence-corrected chi connectivity index (χ2v) is 8.77. The van der Waals surface area contributed by atoms with Gasteiger partial charge in [-0.3, -0.25) is 14.2 Å². The van der Waals surface area contributed by atoms with E-state index in [1.54, 1.807) is 6.33 Å². The lowest BCUT2D eigenvalue weighted by Gasteiger charge is -2.34. The van der Waals surface area contributed by atoms with Crippen LogP contribution in [0, 0.1) is 6.92 Å². The fourth-order valence-electron chi connectivity index (χ4n) is 3.65. The average Bonchev–Trinajstić information content (AvgIpc) is 3.31. The molecule has 1 saturated heterocycles. The molecule has 1 aliphatic heterocycles. The Morgan fingerprint density at radius 2 is 1.59 bits per heavy atom. The van der Waals surface area contributed by atoms with Crippen LogP contribution >= 0.6 is 11.8 Å². The van der Waals surface area contributed by atoms with Crippen LogP contribution in [0.3, 0.4) is 0 Å². The van der Waals surface area contributed by atoms with Gasteiger partial charge in [0.2, 0.25) is 5.91 Å². The summed E-state index contributed by atoms with van der Waals surface area (Å²) >= 11 is 1.38. The molecule has 32 heavy (non-hydrogen) atoms. The quantitative estimate of drug-likeness (QED) is 0.541. The van der Waals surface area contributed by atoms with Crippen LogP contribution in [0.15, 0.2) is 60.0 Å². The van der Waals surface area contributed by atoms with Crippen molar-refractivity contribution >= 4 is 23.6 Å².